The topological polar surface area (TPSA) is 117 Å². The number of hydrogen-bond donors (Lipinski definition) is 2. The molecule has 2 unspecified atom stereocenters. The molecular formula is C34H70NO7P. The number of unbranched alkanes of at least 4 members (excludes halogenated alkanes) is 22. The molecule has 0 rings (SSSR count). The Balaban J connectivity index is 4.06. The molecule has 0 aromatic heterocycles. The molecule has 2 atom stereocenters. The normalized spacial score (nSPS) is 13.7. The van der Waals surface area contributed by atoms with E-state index >= 15 is 0 Å². The van der Waals surface area contributed by atoms with E-state index in [2.05, 4.69) is 13.8 Å². The number of carbonyl (C=O) groups is 1. The standard InChI is InChI=1S/C34H70NO7P/c1-3-5-7-9-11-13-15-16-17-18-20-22-24-26-29-39-31-33(32-41-43(37,38)40-30-28-35)42-34(36)27-25-23-21-19-14-12-10-8-6-4-2/h33H,3-32,35H2,1-2H3,(H,37,38). The average molecular weight is 636 g/mol. The number of phosphoric ester groups is 1. The summed E-state index contributed by atoms with van der Waals surface area (Å²) in [5.74, 6) is -0.330. The third-order valence-corrected chi connectivity index (χ3v) is 8.76. The average Bonchev–Trinajstić information content (AvgIpc) is 2.99. The van der Waals surface area contributed by atoms with Crippen molar-refractivity contribution >= 4 is 13.8 Å². The second-order valence-corrected chi connectivity index (χ2v) is 13.6. The predicted octanol–water partition coefficient (Wildman–Crippen LogP) is 9.80. The van der Waals surface area contributed by atoms with E-state index in [1.807, 2.05) is 0 Å². The molecule has 9 heteroatoms. The summed E-state index contributed by atoms with van der Waals surface area (Å²) in [4.78, 5) is 22.3. The van der Waals surface area contributed by atoms with Crippen LogP contribution in [0.3, 0.4) is 0 Å². The molecule has 0 radical (unpaired) electrons. The molecule has 3 N–H and O–H groups in total. The molecule has 0 saturated heterocycles. The zero-order chi connectivity index (χ0) is 31.7. The molecule has 8 nitrogen and oxygen atoms in total. The number of esters is 1. The van der Waals surface area contributed by atoms with Gasteiger partial charge in [0, 0.05) is 19.6 Å². The van der Waals surface area contributed by atoms with Crippen molar-refractivity contribution in [3.8, 4) is 0 Å². The van der Waals surface area contributed by atoms with Crippen molar-refractivity contribution in [3.63, 3.8) is 0 Å². The molecule has 0 amide bonds. The first kappa shape index (κ1) is 42.5. The Morgan fingerprint density at radius 1 is 0.605 bits per heavy atom. The zero-order valence-electron chi connectivity index (χ0n) is 28.2. The number of carbonyl (C=O) groups excluding carboxylic acids is 1. The van der Waals surface area contributed by atoms with Crippen LogP contribution in [0.15, 0.2) is 0 Å². The van der Waals surface area contributed by atoms with Crippen LogP contribution in [0.25, 0.3) is 0 Å². The maximum atomic E-state index is 12.4. The highest BCUT2D eigenvalue weighted by molar-refractivity contribution is 7.47. The monoisotopic (exact) mass is 635 g/mol. The van der Waals surface area contributed by atoms with Crippen molar-refractivity contribution in [1.29, 1.82) is 0 Å². The Bertz CT molecular complexity index is 638. The van der Waals surface area contributed by atoms with Crippen LogP contribution < -0.4 is 5.73 Å². The molecule has 43 heavy (non-hydrogen) atoms. The van der Waals surface area contributed by atoms with Gasteiger partial charge in [0.25, 0.3) is 0 Å². The first-order valence-electron chi connectivity index (χ1n) is 18.0. The van der Waals surface area contributed by atoms with Gasteiger partial charge < -0.3 is 20.1 Å². The highest BCUT2D eigenvalue weighted by Gasteiger charge is 2.25. The molecular weight excluding hydrogens is 565 g/mol. The maximum absolute atomic E-state index is 12.4. The fourth-order valence-electron chi connectivity index (χ4n) is 5.11. The second-order valence-electron chi connectivity index (χ2n) is 12.1. The van der Waals surface area contributed by atoms with E-state index < -0.39 is 13.9 Å². The van der Waals surface area contributed by atoms with E-state index in [0.717, 1.165) is 32.1 Å². The second kappa shape index (κ2) is 32.9. The minimum Gasteiger partial charge on any atom is -0.457 e. The van der Waals surface area contributed by atoms with Crippen LogP contribution in [-0.4, -0.2) is 49.9 Å². The van der Waals surface area contributed by atoms with Gasteiger partial charge in [0.15, 0.2) is 0 Å². The van der Waals surface area contributed by atoms with E-state index in [0.29, 0.717) is 13.0 Å². The summed E-state index contributed by atoms with van der Waals surface area (Å²) in [6.07, 6.45) is 29.7. The Kier molecular flexibility index (Phi) is 32.5. The zero-order valence-corrected chi connectivity index (χ0v) is 29.1. The van der Waals surface area contributed by atoms with Crippen molar-refractivity contribution in [2.75, 3.05) is 33.0 Å². The van der Waals surface area contributed by atoms with E-state index in [1.54, 1.807) is 0 Å². The fraction of sp³-hybridized carbons (Fsp3) is 0.971. The summed E-state index contributed by atoms with van der Waals surface area (Å²) in [6, 6.07) is 0. The minimum absolute atomic E-state index is 0.0907. The highest BCUT2D eigenvalue weighted by atomic mass is 31.2. The lowest BCUT2D eigenvalue weighted by Gasteiger charge is -2.20. The Morgan fingerprint density at radius 3 is 1.47 bits per heavy atom. The van der Waals surface area contributed by atoms with Crippen LogP contribution in [0.5, 0.6) is 0 Å². The lowest BCUT2D eigenvalue weighted by atomic mass is 10.0. The van der Waals surface area contributed by atoms with Crippen LogP contribution in [0, 0.1) is 0 Å². The molecule has 0 aromatic carbocycles. The third kappa shape index (κ3) is 32.7. The molecule has 0 aliphatic heterocycles. The van der Waals surface area contributed by atoms with Gasteiger partial charge in [-0.25, -0.2) is 4.57 Å². The van der Waals surface area contributed by atoms with Crippen LogP contribution >= 0.6 is 7.82 Å². The lowest BCUT2D eigenvalue weighted by molar-refractivity contribution is -0.154. The quantitative estimate of drug-likeness (QED) is 0.0401. The lowest BCUT2D eigenvalue weighted by Crippen LogP contribution is -2.28. The Morgan fingerprint density at radius 2 is 1.02 bits per heavy atom. The van der Waals surface area contributed by atoms with Crippen molar-refractivity contribution in [3.05, 3.63) is 0 Å². The third-order valence-electron chi connectivity index (χ3n) is 7.77. The summed E-state index contributed by atoms with van der Waals surface area (Å²) >= 11 is 0. The van der Waals surface area contributed by atoms with Crippen LogP contribution in [0.4, 0.5) is 0 Å². The van der Waals surface area contributed by atoms with E-state index in [1.165, 1.54) is 122 Å². The molecule has 0 aliphatic rings. The number of phosphoric acid groups is 1. The number of ether oxygens (including phenoxy) is 2. The Hall–Kier alpha value is -0.500. The van der Waals surface area contributed by atoms with Gasteiger partial charge in [0.2, 0.25) is 0 Å². The fourth-order valence-corrected chi connectivity index (χ4v) is 5.88. The van der Waals surface area contributed by atoms with Crippen LogP contribution in [0.1, 0.15) is 174 Å². The van der Waals surface area contributed by atoms with Gasteiger partial charge >= 0.3 is 13.8 Å². The summed E-state index contributed by atoms with van der Waals surface area (Å²) in [5, 5.41) is 0. The molecule has 0 fully saturated rings. The highest BCUT2D eigenvalue weighted by Crippen LogP contribution is 2.43. The maximum Gasteiger partial charge on any atom is 0.472 e. The van der Waals surface area contributed by atoms with Crippen molar-refractivity contribution < 1.29 is 32.8 Å². The molecule has 0 heterocycles. The van der Waals surface area contributed by atoms with Gasteiger partial charge in [0.05, 0.1) is 19.8 Å². The SMILES string of the molecule is CCCCCCCCCCCCCCCCOCC(COP(=O)(O)OCCN)OC(=O)CCCCCCCCCCCC. The number of hydrogen-bond acceptors (Lipinski definition) is 7. The largest absolute Gasteiger partial charge is 0.472 e. The molecule has 0 bridgehead atoms. The van der Waals surface area contributed by atoms with Gasteiger partial charge in [-0.1, -0.05) is 155 Å². The van der Waals surface area contributed by atoms with E-state index in [4.69, 9.17) is 24.3 Å². The van der Waals surface area contributed by atoms with Gasteiger partial charge in [-0.05, 0) is 12.8 Å². The van der Waals surface area contributed by atoms with Gasteiger partial charge in [-0.15, -0.1) is 0 Å². The first-order chi connectivity index (χ1) is 20.9. The number of rotatable bonds is 35. The molecule has 0 saturated carbocycles. The van der Waals surface area contributed by atoms with Crippen LogP contribution in [0.2, 0.25) is 0 Å². The van der Waals surface area contributed by atoms with E-state index in [9.17, 15) is 14.3 Å². The summed E-state index contributed by atoms with van der Waals surface area (Å²) in [7, 11) is -4.26. The van der Waals surface area contributed by atoms with E-state index in [-0.39, 0.29) is 32.3 Å². The van der Waals surface area contributed by atoms with Crippen LogP contribution in [-0.2, 0) is 27.9 Å². The summed E-state index contributed by atoms with van der Waals surface area (Å²) in [5.41, 5.74) is 5.34. The Labute approximate surface area is 265 Å². The minimum atomic E-state index is -4.26. The molecule has 0 spiro atoms. The molecule has 0 aliphatic carbocycles. The summed E-state index contributed by atoms with van der Waals surface area (Å²) in [6.45, 7) is 4.93. The van der Waals surface area contributed by atoms with Crippen molar-refractivity contribution in [2.45, 2.75) is 180 Å². The number of nitrogens with two attached hydrogens (primary N) is 1. The predicted molar refractivity (Wildman–Crippen MR) is 178 cm³/mol. The van der Waals surface area contributed by atoms with Gasteiger partial charge in [-0.3, -0.25) is 13.8 Å². The smallest absolute Gasteiger partial charge is 0.457 e. The summed E-state index contributed by atoms with van der Waals surface area (Å²) < 4.78 is 33.2. The molecule has 0 aromatic rings. The molecule has 258 valence electrons. The first-order valence-corrected chi connectivity index (χ1v) is 19.5. The van der Waals surface area contributed by atoms with Gasteiger partial charge in [0.1, 0.15) is 6.10 Å². The van der Waals surface area contributed by atoms with Crippen molar-refractivity contribution in [1.82, 2.24) is 0 Å². The van der Waals surface area contributed by atoms with Gasteiger partial charge in [-0.2, -0.15) is 0 Å². The van der Waals surface area contributed by atoms with Crippen molar-refractivity contribution in [2.24, 2.45) is 5.73 Å².